The number of aromatic amines is 1. The molecule has 4 aromatic rings. The maximum atomic E-state index is 10.2. The van der Waals surface area contributed by atoms with E-state index in [1.807, 2.05) is 10.8 Å². The van der Waals surface area contributed by atoms with Crippen LogP contribution in [0.3, 0.4) is 0 Å². The molecular formula is C18H15N3O2. The number of hydrogen-bond acceptors (Lipinski definition) is 3. The van der Waals surface area contributed by atoms with Crippen molar-refractivity contribution in [3.05, 3.63) is 60.7 Å². The second-order valence-electron chi connectivity index (χ2n) is 5.42. The molecule has 0 saturated heterocycles. The molecule has 0 aliphatic heterocycles. The van der Waals surface area contributed by atoms with Crippen LogP contribution >= 0.6 is 0 Å². The summed E-state index contributed by atoms with van der Waals surface area (Å²) in [5.74, 6) is 0. The first-order chi connectivity index (χ1) is 11.3. The summed E-state index contributed by atoms with van der Waals surface area (Å²) in [6, 6.07) is 12.6. The number of benzene rings is 2. The highest BCUT2D eigenvalue weighted by Gasteiger charge is 2.07. The minimum Gasteiger partial charge on any atom is -0.468 e. The molecule has 0 atom stereocenters. The summed E-state index contributed by atoms with van der Waals surface area (Å²) in [5.41, 5.74) is 4.41. The Labute approximate surface area is 132 Å². The summed E-state index contributed by atoms with van der Waals surface area (Å²) in [6.45, 7) is 0.888. The highest BCUT2D eigenvalue weighted by molar-refractivity contribution is 6.08. The van der Waals surface area contributed by atoms with E-state index in [9.17, 15) is 4.79 Å². The van der Waals surface area contributed by atoms with Gasteiger partial charge in [0.05, 0.1) is 12.9 Å². The normalized spacial score (nSPS) is 11.1. The molecule has 0 fully saturated rings. The summed E-state index contributed by atoms with van der Waals surface area (Å²) >= 11 is 0. The number of H-pyrrole nitrogens is 1. The highest BCUT2D eigenvalue weighted by Crippen LogP contribution is 2.28. The van der Waals surface area contributed by atoms with Crippen LogP contribution in [0.1, 0.15) is 5.56 Å². The Kier molecular flexibility index (Phi) is 3.31. The van der Waals surface area contributed by atoms with Gasteiger partial charge in [0.2, 0.25) is 0 Å². The Bertz CT molecular complexity index is 971. The molecule has 0 saturated carbocycles. The van der Waals surface area contributed by atoms with Crippen molar-refractivity contribution in [1.29, 1.82) is 0 Å². The van der Waals surface area contributed by atoms with Gasteiger partial charge in [0.1, 0.15) is 0 Å². The number of rotatable bonds is 5. The minimum absolute atomic E-state index is 0.403. The van der Waals surface area contributed by atoms with Gasteiger partial charge in [0.25, 0.3) is 6.47 Å². The molecule has 0 radical (unpaired) electrons. The quantitative estimate of drug-likeness (QED) is 0.455. The van der Waals surface area contributed by atoms with Gasteiger partial charge >= 0.3 is 0 Å². The maximum Gasteiger partial charge on any atom is 0.293 e. The first-order valence-electron chi connectivity index (χ1n) is 7.43. The van der Waals surface area contributed by atoms with Crippen molar-refractivity contribution in [2.24, 2.45) is 0 Å². The second kappa shape index (κ2) is 5.61. The van der Waals surface area contributed by atoms with E-state index >= 15 is 0 Å². The van der Waals surface area contributed by atoms with Gasteiger partial charge in [0.15, 0.2) is 0 Å². The van der Waals surface area contributed by atoms with Gasteiger partial charge < -0.3 is 14.3 Å². The molecule has 2 aromatic heterocycles. The van der Waals surface area contributed by atoms with Crippen LogP contribution in [0.2, 0.25) is 0 Å². The average molecular weight is 305 g/mol. The van der Waals surface area contributed by atoms with Gasteiger partial charge in [-0.15, -0.1) is 0 Å². The van der Waals surface area contributed by atoms with E-state index < -0.39 is 0 Å². The third-order valence-electron chi connectivity index (χ3n) is 4.03. The molecule has 23 heavy (non-hydrogen) atoms. The van der Waals surface area contributed by atoms with Crippen molar-refractivity contribution in [3.8, 4) is 5.69 Å². The fraction of sp³-hybridized carbons (Fsp3) is 0.111. The van der Waals surface area contributed by atoms with Crippen molar-refractivity contribution in [3.63, 3.8) is 0 Å². The predicted octanol–water partition coefficient (Wildman–Crippen LogP) is 3.22. The Morgan fingerprint density at radius 2 is 2.09 bits per heavy atom. The molecule has 2 aromatic carbocycles. The molecule has 5 nitrogen and oxygen atoms in total. The van der Waals surface area contributed by atoms with Gasteiger partial charge in [-0.3, -0.25) is 4.79 Å². The molecule has 0 spiro atoms. The van der Waals surface area contributed by atoms with Gasteiger partial charge in [-0.2, -0.15) is 0 Å². The third-order valence-corrected chi connectivity index (χ3v) is 4.03. The molecule has 4 rings (SSSR count). The molecule has 0 aliphatic rings. The Morgan fingerprint density at radius 3 is 2.91 bits per heavy atom. The molecule has 0 aliphatic carbocycles. The van der Waals surface area contributed by atoms with Crippen LogP contribution in [-0.2, 0) is 16.0 Å². The maximum absolute atomic E-state index is 10.2. The SMILES string of the molecule is O=COCCc1ccc2c(c1)[nH]c1ccc(-n3ccnc3)cc12. The third kappa shape index (κ3) is 2.46. The Morgan fingerprint density at radius 1 is 1.13 bits per heavy atom. The lowest BCUT2D eigenvalue weighted by Gasteiger charge is -2.02. The number of carbonyl (C=O) groups is 1. The van der Waals surface area contributed by atoms with Crippen LogP contribution in [0.5, 0.6) is 0 Å². The van der Waals surface area contributed by atoms with E-state index in [-0.39, 0.29) is 0 Å². The number of hydrogen-bond donors (Lipinski definition) is 1. The first kappa shape index (κ1) is 13.6. The van der Waals surface area contributed by atoms with E-state index in [1.54, 1.807) is 12.5 Å². The largest absolute Gasteiger partial charge is 0.468 e. The fourth-order valence-corrected chi connectivity index (χ4v) is 2.89. The van der Waals surface area contributed by atoms with Gasteiger partial charge in [-0.1, -0.05) is 12.1 Å². The monoisotopic (exact) mass is 305 g/mol. The van der Waals surface area contributed by atoms with Crippen molar-refractivity contribution < 1.29 is 9.53 Å². The topological polar surface area (TPSA) is 59.9 Å². The second-order valence-corrected chi connectivity index (χ2v) is 5.42. The van der Waals surface area contributed by atoms with Crippen molar-refractivity contribution in [2.45, 2.75) is 6.42 Å². The number of ether oxygens (including phenoxy) is 1. The van der Waals surface area contributed by atoms with Crippen LogP contribution < -0.4 is 0 Å². The number of fused-ring (bicyclic) bond motifs is 3. The Balaban J connectivity index is 1.77. The molecule has 2 heterocycles. The first-order valence-corrected chi connectivity index (χ1v) is 7.43. The van der Waals surface area contributed by atoms with Crippen molar-refractivity contribution >= 4 is 28.3 Å². The number of carbonyl (C=O) groups excluding carboxylic acids is 1. The van der Waals surface area contributed by atoms with E-state index in [0.29, 0.717) is 19.5 Å². The Hall–Kier alpha value is -3.08. The smallest absolute Gasteiger partial charge is 0.293 e. The van der Waals surface area contributed by atoms with Crippen LogP contribution in [-0.4, -0.2) is 27.6 Å². The lowest BCUT2D eigenvalue weighted by molar-refractivity contribution is -0.128. The zero-order valence-electron chi connectivity index (χ0n) is 12.4. The predicted molar refractivity (Wildman–Crippen MR) is 88.6 cm³/mol. The summed E-state index contributed by atoms with van der Waals surface area (Å²) in [5, 5.41) is 2.36. The summed E-state index contributed by atoms with van der Waals surface area (Å²) in [7, 11) is 0. The standard InChI is InChI=1S/C18H15N3O2/c22-12-23-8-5-13-1-3-15-16-10-14(21-7-6-19-11-21)2-4-17(16)20-18(15)9-13/h1-4,6-7,9-12,20H,5,8H2. The lowest BCUT2D eigenvalue weighted by atomic mass is 10.1. The highest BCUT2D eigenvalue weighted by atomic mass is 16.5. The summed E-state index contributed by atoms with van der Waals surface area (Å²) in [6.07, 6.45) is 6.21. The molecule has 0 amide bonds. The van der Waals surface area contributed by atoms with Gasteiger partial charge in [0, 0.05) is 46.3 Å². The average Bonchev–Trinajstić information content (AvgIpc) is 3.21. The van der Waals surface area contributed by atoms with E-state index in [2.05, 4.69) is 46.4 Å². The van der Waals surface area contributed by atoms with E-state index in [0.717, 1.165) is 22.3 Å². The fourth-order valence-electron chi connectivity index (χ4n) is 2.89. The summed E-state index contributed by atoms with van der Waals surface area (Å²) in [4.78, 5) is 17.8. The molecule has 1 N–H and O–H groups in total. The van der Waals surface area contributed by atoms with Crippen LogP contribution in [0.4, 0.5) is 0 Å². The number of imidazole rings is 1. The minimum atomic E-state index is 0.403. The molecule has 0 unspecified atom stereocenters. The van der Waals surface area contributed by atoms with Crippen molar-refractivity contribution in [1.82, 2.24) is 14.5 Å². The number of nitrogens with zero attached hydrogens (tertiary/aromatic N) is 2. The van der Waals surface area contributed by atoms with Crippen LogP contribution in [0, 0.1) is 0 Å². The molecule has 5 heteroatoms. The molecule has 114 valence electrons. The lowest BCUT2D eigenvalue weighted by Crippen LogP contribution is -1.96. The van der Waals surface area contributed by atoms with Crippen LogP contribution in [0.15, 0.2) is 55.1 Å². The van der Waals surface area contributed by atoms with E-state index in [1.165, 1.54) is 10.8 Å². The van der Waals surface area contributed by atoms with Crippen molar-refractivity contribution in [2.75, 3.05) is 6.61 Å². The number of nitrogens with one attached hydrogen (secondary N) is 1. The van der Waals surface area contributed by atoms with Gasteiger partial charge in [-0.25, -0.2) is 4.98 Å². The molecular weight excluding hydrogens is 290 g/mol. The van der Waals surface area contributed by atoms with Crippen LogP contribution in [0.25, 0.3) is 27.5 Å². The zero-order chi connectivity index (χ0) is 15.6. The zero-order valence-corrected chi connectivity index (χ0v) is 12.4. The van der Waals surface area contributed by atoms with E-state index in [4.69, 9.17) is 4.74 Å². The van der Waals surface area contributed by atoms with Gasteiger partial charge in [-0.05, 0) is 29.8 Å². The summed E-state index contributed by atoms with van der Waals surface area (Å²) < 4.78 is 6.76. The number of aromatic nitrogens is 3. The molecule has 0 bridgehead atoms.